The average molecular weight is 405 g/mol. The smallest absolute Gasteiger partial charge is 0.353 e. The van der Waals surface area contributed by atoms with Crippen molar-refractivity contribution in [3.8, 4) is 0 Å². The van der Waals surface area contributed by atoms with Crippen LogP contribution in [0.15, 0.2) is 71.2 Å². The summed E-state index contributed by atoms with van der Waals surface area (Å²) in [5.74, 6) is 0.436. The third-order valence-corrected chi connectivity index (χ3v) is 4.36. The Kier molecular flexibility index (Phi) is 6.99. The molecular formula is C21H23N7O2. The predicted octanol–water partition coefficient (Wildman–Crippen LogP) is 5.78. The zero-order valence-corrected chi connectivity index (χ0v) is 16.9. The van der Waals surface area contributed by atoms with Gasteiger partial charge in [-0.1, -0.05) is 31.5 Å². The zero-order valence-electron chi connectivity index (χ0n) is 16.9. The first-order chi connectivity index (χ1) is 14.6. The molecule has 9 heteroatoms. The Morgan fingerprint density at radius 2 is 1.70 bits per heavy atom. The van der Waals surface area contributed by atoms with Gasteiger partial charge in [0.1, 0.15) is 6.33 Å². The highest BCUT2D eigenvalue weighted by Gasteiger charge is 2.25. The van der Waals surface area contributed by atoms with Crippen LogP contribution in [0, 0.1) is 10.1 Å². The Bertz CT molecular complexity index is 1010. The summed E-state index contributed by atoms with van der Waals surface area (Å²) in [6, 6.07) is 16.5. The molecule has 0 amide bonds. The van der Waals surface area contributed by atoms with Gasteiger partial charge >= 0.3 is 5.69 Å². The topological polar surface area (TPSA) is 109 Å². The first-order valence-corrected chi connectivity index (χ1v) is 9.63. The van der Waals surface area contributed by atoms with Gasteiger partial charge < -0.3 is 10.2 Å². The Hall–Kier alpha value is -3.88. The largest absolute Gasteiger partial charge is 0.354 e. The molecule has 154 valence electrons. The monoisotopic (exact) mass is 405 g/mol. The van der Waals surface area contributed by atoms with Crippen LogP contribution < -0.4 is 10.2 Å². The molecule has 0 saturated carbocycles. The van der Waals surface area contributed by atoms with Gasteiger partial charge in [-0.2, -0.15) is 10.2 Å². The standard InChI is InChI=1S/C21H23N7O2/c1-3-4-14-27(2)21-19(28(29)30)20(22-15-23-21)24-16-10-12-18(13-11-16)26-25-17-8-6-5-7-9-17/h5-13,15H,3-4,14H2,1-2H3,(H,22,23,24). The minimum absolute atomic E-state index is 0.145. The Balaban J connectivity index is 1.78. The van der Waals surface area contributed by atoms with Crippen LogP contribution in [-0.4, -0.2) is 28.5 Å². The van der Waals surface area contributed by atoms with E-state index in [2.05, 4.69) is 32.4 Å². The van der Waals surface area contributed by atoms with Crippen molar-refractivity contribution in [3.63, 3.8) is 0 Å². The molecule has 2 aromatic carbocycles. The van der Waals surface area contributed by atoms with E-state index in [-0.39, 0.29) is 11.5 Å². The summed E-state index contributed by atoms with van der Waals surface area (Å²) < 4.78 is 0. The van der Waals surface area contributed by atoms with E-state index in [1.54, 1.807) is 36.2 Å². The fourth-order valence-electron chi connectivity index (χ4n) is 2.77. The molecule has 9 nitrogen and oxygen atoms in total. The number of azo groups is 1. The number of nitro groups is 1. The Morgan fingerprint density at radius 3 is 2.33 bits per heavy atom. The molecule has 0 atom stereocenters. The van der Waals surface area contributed by atoms with Crippen LogP contribution in [0.4, 0.5) is 34.4 Å². The fraction of sp³-hybridized carbons (Fsp3) is 0.238. The number of benzene rings is 2. The number of nitrogens with one attached hydrogen (secondary N) is 1. The molecule has 0 unspecified atom stereocenters. The molecule has 0 aliphatic heterocycles. The van der Waals surface area contributed by atoms with Crippen LogP contribution in [0.25, 0.3) is 0 Å². The lowest BCUT2D eigenvalue weighted by Gasteiger charge is -2.18. The second-order valence-electron chi connectivity index (χ2n) is 6.63. The van der Waals surface area contributed by atoms with E-state index in [1.165, 1.54) is 6.33 Å². The van der Waals surface area contributed by atoms with Crippen LogP contribution in [0.1, 0.15) is 19.8 Å². The van der Waals surface area contributed by atoms with Gasteiger partial charge in [0.2, 0.25) is 11.6 Å². The normalized spacial score (nSPS) is 10.9. The number of hydrogen-bond donors (Lipinski definition) is 1. The van der Waals surface area contributed by atoms with Gasteiger partial charge in [-0.3, -0.25) is 10.1 Å². The lowest BCUT2D eigenvalue weighted by atomic mass is 10.2. The maximum absolute atomic E-state index is 11.7. The lowest BCUT2D eigenvalue weighted by molar-refractivity contribution is -0.383. The number of rotatable bonds is 9. The summed E-state index contributed by atoms with van der Waals surface area (Å²) >= 11 is 0. The summed E-state index contributed by atoms with van der Waals surface area (Å²) in [5.41, 5.74) is 1.93. The highest BCUT2D eigenvalue weighted by atomic mass is 16.6. The van der Waals surface area contributed by atoms with Crippen molar-refractivity contribution >= 4 is 34.4 Å². The van der Waals surface area contributed by atoms with Crippen molar-refractivity contribution in [2.45, 2.75) is 19.8 Å². The minimum Gasteiger partial charge on any atom is -0.354 e. The molecule has 30 heavy (non-hydrogen) atoms. The van der Waals surface area contributed by atoms with Gasteiger partial charge in [0.05, 0.1) is 16.3 Å². The molecule has 0 aliphatic rings. The molecule has 3 aromatic rings. The SMILES string of the molecule is CCCCN(C)c1ncnc(Nc2ccc(N=Nc3ccccc3)cc2)c1[N+](=O)[O-]. The van der Waals surface area contributed by atoms with E-state index in [4.69, 9.17) is 0 Å². The van der Waals surface area contributed by atoms with Crippen LogP contribution in [0.3, 0.4) is 0 Å². The molecule has 3 rings (SSSR count). The summed E-state index contributed by atoms with van der Waals surface area (Å²) in [5, 5.41) is 23.1. The molecule has 0 aliphatic carbocycles. The third-order valence-electron chi connectivity index (χ3n) is 4.36. The van der Waals surface area contributed by atoms with Gasteiger partial charge in [-0.15, -0.1) is 0 Å². The second kappa shape index (κ2) is 10.1. The lowest BCUT2D eigenvalue weighted by Crippen LogP contribution is -2.21. The molecule has 1 aromatic heterocycles. The van der Waals surface area contributed by atoms with Gasteiger partial charge in [0.15, 0.2) is 0 Å². The fourth-order valence-corrected chi connectivity index (χ4v) is 2.77. The number of anilines is 3. The summed E-state index contributed by atoms with van der Waals surface area (Å²) in [6.07, 6.45) is 3.23. The average Bonchev–Trinajstić information content (AvgIpc) is 2.77. The van der Waals surface area contributed by atoms with Crippen molar-refractivity contribution in [2.24, 2.45) is 10.2 Å². The molecular weight excluding hydrogens is 382 g/mol. The maximum atomic E-state index is 11.7. The van der Waals surface area contributed by atoms with Crippen LogP contribution in [0.2, 0.25) is 0 Å². The van der Waals surface area contributed by atoms with Crippen molar-refractivity contribution < 1.29 is 4.92 Å². The van der Waals surface area contributed by atoms with Crippen molar-refractivity contribution in [1.29, 1.82) is 0 Å². The van der Waals surface area contributed by atoms with Gasteiger partial charge in [-0.05, 0) is 42.8 Å². The first-order valence-electron chi connectivity index (χ1n) is 9.63. The maximum Gasteiger partial charge on any atom is 0.353 e. The van der Waals surface area contributed by atoms with Crippen LogP contribution >= 0.6 is 0 Å². The van der Waals surface area contributed by atoms with E-state index < -0.39 is 4.92 Å². The third kappa shape index (κ3) is 5.34. The van der Waals surface area contributed by atoms with Crippen molar-refractivity contribution in [2.75, 3.05) is 23.8 Å². The van der Waals surface area contributed by atoms with E-state index in [0.29, 0.717) is 23.7 Å². The molecule has 0 fully saturated rings. The number of nitrogens with zero attached hydrogens (tertiary/aromatic N) is 6. The molecule has 1 heterocycles. The highest BCUT2D eigenvalue weighted by molar-refractivity contribution is 5.74. The molecule has 0 saturated heterocycles. The number of aromatic nitrogens is 2. The predicted molar refractivity (Wildman–Crippen MR) is 117 cm³/mol. The highest BCUT2D eigenvalue weighted by Crippen LogP contribution is 2.33. The van der Waals surface area contributed by atoms with Gasteiger partial charge in [-0.25, -0.2) is 9.97 Å². The number of unbranched alkanes of at least 4 members (excludes halogenated alkanes) is 1. The molecule has 1 N–H and O–H groups in total. The Morgan fingerprint density at radius 1 is 1.03 bits per heavy atom. The van der Waals surface area contributed by atoms with Crippen LogP contribution in [-0.2, 0) is 0 Å². The van der Waals surface area contributed by atoms with Crippen LogP contribution in [0.5, 0.6) is 0 Å². The summed E-state index contributed by atoms with van der Waals surface area (Å²) in [6.45, 7) is 2.74. The van der Waals surface area contributed by atoms with Crippen molar-refractivity contribution in [3.05, 3.63) is 71.0 Å². The molecule has 0 bridgehead atoms. The molecule has 0 spiro atoms. The van der Waals surface area contributed by atoms with E-state index >= 15 is 0 Å². The minimum atomic E-state index is -0.456. The second-order valence-corrected chi connectivity index (χ2v) is 6.63. The summed E-state index contributed by atoms with van der Waals surface area (Å²) in [4.78, 5) is 21.3. The van der Waals surface area contributed by atoms with Gasteiger partial charge in [0.25, 0.3) is 0 Å². The quantitative estimate of drug-likeness (QED) is 0.274. The van der Waals surface area contributed by atoms with Gasteiger partial charge in [0, 0.05) is 19.3 Å². The first kappa shape index (κ1) is 20.8. The van der Waals surface area contributed by atoms with Crippen molar-refractivity contribution in [1.82, 2.24) is 9.97 Å². The Labute approximate surface area is 174 Å². The summed E-state index contributed by atoms with van der Waals surface area (Å²) in [7, 11) is 1.79. The number of hydrogen-bond acceptors (Lipinski definition) is 8. The zero-order chi connectivity index (χ0) is 21.3. The molecule has 0 radical (unpaired) electrons. The van der Waals surface area contributed by atoms with E-state index in [9.17, 15) is 10.1 Å². The van der Waals surface area contributed by atoms with E-state index in [0.717, 1.165) is 18.5 Å². The van der Waals surface area contributed by atoms with E-state index in [1.807, 2.05) is 30.3 Å².